The molecule has 0 saturated carbocycles. The van der Waals surface area contributed by atoms with Crippen LogP contribution in [0.3, 0.4) is 0 Å². The van der Waals surface area contributed by atoms with Gasteiger partial charge in [-0.1, -0.05) is 48.5 Å². The van der Waals surface area contributed by atoms with Gasteiger partial charge >= 0.3 is 0 Å². The summed E-state index contributed by atoms with van der Waals surface area (Å²) < 4.78 is 11.0. The maximum Gasteiger partial charge on any atom is 0.271 e. The van der Waals surface area contributed by atoms with Crippen LogP contribution in [0, 0.1) is 0 Å². The molecule has 0 bridgehead atoms. The maximum atomic E-state index is 12.3. The van der Waals surface area contributed by atoms with Crippen molar-refractivity contribution in [3.05, 3.63) is 108 Å². The largest absolute Gasteiger partial charge is 0.497 e. The van der Waals surface area contributed by atoms with E-state index < -0.39 is 0 Å². The first-order valence-electron chi connectivity index (χ1n) is 9.89. The van der Waals surface area contributed by atoms with Gasteiger partial charge in [0.1, 0.15) is 18.1 Å². The zero-order valence-corrected chi connectivity index (χ0v) is 17.1. The summed E-state index contributed by atoms with van der Waals surface area (Å²) in [7, 11) is 1.60. The molecule has 0 saturated heterocycles. The van der Waals surface area contributed by atoms with E-state index in [2.05, 4.69) is 40.9 Å². The molecular weight excluding hydrogens is 388 g/mol. The lowest BCUT2D eigenvalue weighted by atomic mass is 10.1. The van der Waals surface area contributed by atoms with E-state index in [0.717, 1.165) is 16.9 Å². The van der Waals surface area contributed by atoms with Gasteiger partial charge in [-0.3, -0.25) is 4.79 Å². The molecule has 0 heterocycles. The number of rotatable bonds is 7. The number of nitrogens with one attached hydrogen (secondary N) is 1. The molecule has 1 N–H and O–H groups in total. The molecule has 0 fully saturated rings. The van der Waals surface area contributed by atoms with E-state index in [1.807, 2.05) is 36.4 Å². The van der Waals surface area contributed by atoms with Gasteiger partial charge in [-0.15, -0.1) is 0 Å². The third-order valence-electron chi connectivity index (χ3n) is 4.81. The van der Waals surface area contributed by atoms with Crippen molar-refractivity contribution in [1.82, 2.24) is 5.43 Å². The molecule has 5 heteroatoms. The van der Waals surface area contributed by atoms with Crippen LogP contribution >= 0.6 is 0 Å². The number of carbonyl (C=O) groups is 1. The van der Waals surface area contributed by atoms with Crippen molar-refractivity contribution in [3.8, 4) is 11.5 Å². The van der Waals surface area contributed by atoms with Gasteiger partial charge in [-0.25, -0.2) is 5.43 Å². The van der Waals surface area contributed by atoms with Crippen molar-refractivity contribution >= 4 is 22.9 Å². The smallest absolute Gasteiger partial charge is 0.271 e. The zero-order chi connectivity index (χ0) is 21.5. The van der Waals surface area contributed by atoms with Crippen LogP contribution in [0.5, 0.6) is 11.5 Å². The number of amides is 1. The fourth-order valence-electron chi connectivity index (χ4n) is 3.15. The molecule has 0 radical (unpaired) electrons. The summed E-state index contributed by atoms with van der Waals surface area (Å²) in [6.07, 6.45) is 1.57. The third-order valence-corrected chi connectivity index (χ3v) is 4.81. The summed E-state index contributed by atoms with van der Waals surface area (Å²) in [6.45, 7) is 0.460. The fraction of sp³-hybridized carbons (Fsp3) is 0.0769. The Labute approximate surface area is 180 Å². The summed E-state index contributed by atoms with van der Waals surface area (Å²) >= 11 is 0. The van der Waals surface area contributed by atoms with Crippen molar-refractivity contribution in [2.24, 2.45) is 5.10 Å². The number of nitrogens with zero attached hydrogens (tertiary/aromatic N) is 1. The van der Waals surface area contributed by atoms with Crippen molar-refractivity contribution in [2.75, 3.05) is 7.11 Å². The number of hydrogen-bond acceptors (Lipinski definition) is 4. The summed E-state index contributed by atoms with van der Waals surface area (Å²) in [4.78, 5) is 12.3. The quantitative estimate of drug-likeness (QED) is 0.337. The minimum absolute atomic E-state index is 0.291. The molecule has 0 aliphatic rings. The lowest BCUT2D eigenvalue weighted by Crippen LogP contribution is -2.17. The van der Waals surface area contributed by atoms with Crippen LogP contribution in [0.25, 0.3) is 10.8 Å². The van der Waals surface area contributed by atoms with Crippen LogP contribution in [-0.2, 0) is 6.61 Å². The highest BCUT2D eigenvalue weighted by Gasteiger charge is 2.05. The summed E-state index contributed by atoms with van der Waals surface area (Å²) in [5.74, 6) is 1.14. The Bertz CT molecular complexity index is 1220. The Balaban J connectivity index is 1.32. The second kappa shape index (κ2) is 9.59. The number of ether oxygens (including phenoxy) is 2. The minimum Gasteiger partial charge on any atom is -0.497 e. The van der Waals surface area contributed by atoms with Gasteiger partial charge in [0.05, 0.1) is 13.3 Å². The molecule has 0 aromatic heterocycles. The average molecular weight is 410 g/mol. The van der Waals surface area contributed by atoms with Gasteiger partial charge in [-0.05, 0) is 64.4 Å². The molecule has 5 nitrogen and oxygen atoms in total. The van der Waals surface area contributed by atoms with Gasteiger partial charge in [0.15, 0.2) is 0 Å². The summed E-state index contributed by atoms with van der Waals surface area (Å²) in [5, 5.41) is 6.39. The molecule has 0 aliphatic heterocycles. The Kier molecular flexibility index (Phi) is 6.24. The number of hydrogen-bond donors (Lipinski definition) is 1. The number of hydrazone groups is 1. The summed E-state index contributed by atoms with van der Waals surface area (Å²) in [6, 6.07) is 28.9. The number of methoxy groups -OCH3 is 1. The standard InChI is InChI=1S/C26H22N2O3/c1-30-25-8-4-5-19(16-25)17-27-28-26(29)22-11-13-24(14-12-22)31-18-20-9-10-21-6-2-3-7-23(21)15-20/h2-17H,18H2,1H3,(H,28,29). The first-order chi connectivity index (χ1) is 15.2. The van der Waals surface area contributed by atoms with Crippen LogP contribution in [0.15, 0.2) is 96.1 Å². The highest BCUT2D eigenvalue weighted by Crippen LogP contribution is 2.18. The van der Waals surface area contributed by atoms with Gasteiger partial charge < -0.3 is 9.47 Å². The zero-order valence-electron chi connectivity index (χ0n) is 17.1. The Morgan fingerprint density at radius 1 is 0.871 bits per heavy atom. The van der Waals surface area contributed by atoms with Gasteiger partial charge in [-0.2, -0.15) is 5.10 Å². The molecule has 0 aliphatic carbocycles. The molecule has 1 amide bonds. The lowest BCUT2D eigenvalue weighted by Gasteiger charge is -2.08. The van der Waals surface area contributed by atoms with Crippen LogP contribution in [-0.4, -0.2) is 19.2 Å². The molecule has 4 aromatic carbocycles. The second-order valence-electron chi connectivity index (χ2n) is 6.97. The SMILES string of the molecule is COc1cccc(C=NNC(=O)c2ccc(OCc3ccc4ccccc4c3)cc2)c1. The van der Waals surface area contributed by atoms with Gasteiger partial charge in [0, 0.05) is 5.56 Å². The molecular formula is C26H22N2O3. The second-order valence-corrected chi connectivity index (χ2v) is 6.97. The normalized spacial score (nSPS) is 10.9. The van der Waals surface area contributed by atoms with E-state index in [9.17, 15) is 4.79 Å². The van der Waals surface area contributed by atoms with Crippen molar-refractivity contribution in [1.29, 1.82) is 0 Å². The molecule has 31 heavy (non-hydrogen) atoms. The predicted molar refractivity (Wildman–Crippen MR) is 123 cm³/mol. The van der Waals surface area contributed by atoms with E-state index >= 15 is 0 Å². The molecule has 0 spiro atoms. The minimum atomic E-state index is -0.291. The van der Waals surface area contributed by atoms with E-state index in [-0.39, 0.29) is 5.91 Å². The first kappa shape index (κ1) is 20.2. The Morgan fingerprint density at radius 3 is 2.48 bits per heavy atom. The maximum absolute atomic E-state index is 12.3. The Hall–Kier alpha value is -4.12. The number of benzene rings is 4. The van der Waals surface area contributed by atoms with Crippen LogP contribution in [0.2, 0.25) is 0 Å². The molecule has 4 aromatic rings. The molecule has 0 unspecified atom stereocenters. The third kappa shape index (κ3) is 5.28. The molecule has 4 rings (SSSR count). The average Bonchev–Trinajstić information content (AvgIpc) is 2.83. The topological polar surface area (TPSA) is 59.9 Å². The number of fused-ring (bicyclic) bond motifs is 1. The van der Waals surface area contributed by atoms with Crippen molar-refractivity contribution in [3.63, 3.8) is 0 Å². The van der Waals surface area contributed by atoms with E-state index in [4.69, 9.17) is 9.47 Å². The fourth-order valence-corrected chi connectivity index (χ4v) is 3.15. The monoisotopic (exact) mass is 410 g/mol. The van der Waals surface area contributed by atoms with E-state index in [0.29, 0.717) is 17.9 Å². The first-order valence-corrected chi connectivity index (χ1v) is 9.89. The van der Waals surface area contributed by atoms with Gasteiger partial charge in [0.2, 0.25) is 0 Å². The van der Waals surface area contributed by atoms with Crippen LogP contribution < -0.4 is 14.9 Å². The molecule has 0 atom stereocenters. The van der Waals surface area contributed by atoms with Gasteiger partial charge in [0.25, 0.3) is 5.91 Å². The predicted octanol–water partition coefficient (Wildman–Crippen LogP) is 5.19. The number of carbonyl (C=O) groups excluding carboxylic acids is 1. The van der Waals surface area contributed by atoms with Crippen molar-refractivity contribution in [2.45, 2.75) is 6.61 Å². The van der Waals surface area contributed by atoms with Crippen LogP contribution in [0.1, 0.15) is 21.5 Å². The summed E-state index contributed by atoms with van der Waals surface area (Å²) in [5.41, 5.74) is 4.95. The van der Waals surface area contributed by atoms with E-state index in [1.165, 1.54) is 10.8 Å². The van der Waals surface area contributed by atoms with E-state index in [1.54, 1.807) is 37.6 Å². The Morgan fingerprint density at radius 2 is 1.68 bits per heavy atom. The highest BCUT2D eigenvalue weighted by molar-refractivity contribution is 5.95. The lowest BCUT2D eigenvalue weighted by molar-refractivity contribution is 0.0955. The van der Waals surface area contributed by atoms with Crippen LogP contribution in [0.4, 0.5) is 0 Å². The van der Waals surface area contributed by atoms with Crippen molar-refractivity contribution < 1.29 is 14.3 Å². The highest BCUT2D eigenvalue weighted by atomic mass is 16.5. The molecule has 154 valence electrons.